The molecule has 0 bridgehead atoms. The Morgan fingerprint density at radius 3 is 2.60 bits per heavy atom. The fourth-order valence-corrected chi connectivity index (χ4v) is 2.56. The molecule has 130 valence electrons. The molecule has 25 heavy (non-hydrogen) atoms. The molecule has 0 spiro atoms. The third-order valence-electron chi connectivity index (χ3n) is 4.03. The van der Waals surface area contributed by atoms with Crippen molar-refractivity contribution in [2.24, 2.45) is 26.2 Å². The van der Waals surface area contributed by atoms with Crippen molar-refractivity contribution < 1.29 is 5.11 Å². The second-order valence-corrected chi connectivity index (χ2v) is 5.80. The number of nitrogens with zero attached hydrogens (tertiary/aromatic N) is 5. The van der Waals surface area contributed by atoms with Gasteiger partial charge in [0.2, 0.25) is 5.95 Å². The Kier molecular flexibility index (Phi) is 3.91. The first kappa shape index (κ1) is 16.5. The summed E-state index contributed by atoms with van der Waals surface area (Å²) in [5.74, 6) is 0.411. The van der Waals surface area contributed by atoms with Gasteiger partial charge in [-0.1, -0.05) is 11.6 Å². The van der Waals surface area contributed by atoms with Crippen molar-refractivity contribution in [3.05, 3.63) is 50.2 Å². The van der Waals surface area contributed by atoms with E-state index in [0.717, 1.165) is 10.1 Å². The van der Waals surface area contributed by atoms with Gasteiger partial charge in [0.1, 0.15) is 5.75 Å². The van der Waals surface area contributed by atoms with Crippen LogP contribution in [0.2, 0.25) is 0 Å². The maximum absolute atomic E-state index is 12.3. The molecule has 0 saturated carbocycles. The molecule has 9 heteroatoms. The van der Waals surface area contributed by atoms with Gasteiger partial charge in [0.05, 0.1) is 6.21 Å². The number of imidazole rings is 1. The first-order chi connectivity index (χ1) is 11.8. The Bertz CT molecular complexity index is 1120. The van der Waals surface area contributed by atoms with Crippen molar-refractivity contribution >= 4 is 23.3 Å². The lowest BCUT2D eigenvalue weighted by Gasteiger charge is -2.03. The molecule has 0 radical (unpaired) electrons. The predicted octanol–water partition coefficient (Wildman–Crippen LogP) is 0.431. The van der Waals surface area contributed by atoms with Gasteiger partial charge in [-0.05, 0) is 19.1 Å². The average molecular weight is 342 g/mol. The lowest BCUT2D eigenvalue weighted by atomic mass is 10.1. The van der Waals surface area contributed by atoms with Crippen LogP contribution in [-0.2, 0) is 21.1 Å². The van der Waals surface area contributed by atoms with E-state index in [2.05, 4.69) is 15.5 Å². The molecule has 0 aliphatic rings. The third-order valence-corrected chi connectivity index (χ3v) is 4.03. The van der Waals surface area contributed by atoms with Crippen LogP contribution >= 0.6 is 0 Å². The highest BCUT2D eigenvalue weighted by Gasteiger charge is 2.16. The molecule has 3 aromatic rings. The normalized spacial score (nSPS) is 11.5. The summed E-state index contributed by atoms with van der Waals surface area (Å²) in [6, 6.07) is 5.17. The van der Waals surface area contributed by atoms with Crippen LogP contribution in [0.15, 0.2) is 32.9 Å². The number of fused-ring (bicyclic) bond motifs is 1. The van der Waals surface area contributed by atoms with E-state index >= 15 is 0 Å². The number of aromatic nitrogens is 4. The number of anilines is 1. The fourth-order valence-electron chi connectivity index (χ4n) is 2.56. The maximum atomic E-state index is 12.3. The van der Waals surface area contributed by atoms with Crippen molar-refractivity contribution in [2.45, 2.75) is 6.92 Å². The Morgan fingerprint density at radius 1 is 1.16 bits per heavy atom. The van der Waals surface area contributed by atoms with Crippen LogP contribution in [0.1, 0.15) is 11.1 Å². The number of hydrogen-bond donors (Lipinski definition) is 2. The van der Waals surface area contributed by atoms with Crippen LogP contribution in [0.25, 0.3) is 11.2 Å². The van der Waals surface area contributed by atoms with Crippen molar-refractivity contribution in [3.63, 3.8) is 0 Å². The Labute approximate surface area is 142 Å². The first-order valence-corrected chi connectivity index (χ1v) is 7.52. The van der Waals surface area contributed by atoms with E-state index in [0.29, 0.717) is 17.0 Å². The monoisotopic (exact) mass is 342 g/mol. The second-order valence-electron chi connectivity index (χ2n) is 5.80. The van der Waals surface area contributed by atoms with E-state index in [4.69, 9.17) is 0 Å². The molecule has 0 aliphatic heterocycles. The molecule has 1 aromatic carbocycles. The van der Waals surface area contributed by atoms with Gasteiger partial charge >= 0.3 is 5.69 Å². The first-order valence-electron chi connectivity index (χ1n) is 7.52. The molecule has 0 unspecified atom stereocenters. The predicted molar refractivity (Wildman–Crippen MR) is 95.3 cm³/mol. The van der Waals surface area contributed by atoms with Gasteiger partial charge < -0.3 is 9.67 Å². The number of hydrazone groups is 1. The summed E-state index contributed by atoms with van der Waals surface area (Å²) in [5, 5.41) is 13.9. The van der Waals surface area contributed by atoms with Gasteiger partial charge in [-0.3, -0.25) is 13.9 Å². The third kappa shape index (κ3) is 2.69. The number of phenols is 1. The summed E-state index contributed by atoms with van der Waals surface area (Å²) in [6.45, 7) is 1.91. The lowest BCUT2D eigenvalue weighted by molar-refractivity contribution is 0.474. The number of rotatable bonds is 3. The van der Waals surface area contributed by atoms with Gasteiger partial charge in [0.15, 0.2) is 11.2 Å². The molecule has 2 aromatic heterocycles. The van der Waals surface area contributed by atoms with Crippen LogP contribution in [0.5, 0.6) is 5.75 Å². The molecule has 0 atom stereocenters. The summed E-state index contributed by atoms with van der Waals surface area (Å²) in [7, 11) is 4.63. The fraction of sp³-hybridized carbons (Fsp3) is 0.250. The molecule has 3 rings (SSSR count). The molecule has 0 saturated heterocycles. The zero-order chi connectivity index (χ0) is 18.3. The minimum atomic E-state index is -0.449. The highest BCUT2D eigenvalue weighted by molar-refractivity contribution is 5.84. The minimum absolute atomic E-state index is 0.109. The van der Waals surface area contributed by atoms with Crippen LogP contribution < -0.4 is 16.7 Å². The summed E-state index contributed by atoms with van der Waals surface area (Å²) < 4.78 is 3.87. The number of aromatic hydroxyl groups is 1. The van der Waals surface area contributed by atoms with Gasteiger partial charge in [-0.2, -0.15) is 10.1 Å². The maximum Gasteiger partial charge on any atom is 0.332 e. The number of phenolic OH excluding ortho intramolecular Hbond substituents is 1. The van der Waals surface area contributed by atoms with Crippen molar-refractivity contribution in [3.8, 4) is 5.75 Å². The number of hydrogen-bond acceptors (Lipinski definition) is 6. The zero-order valence-corrected chi connectivity index (χ0v) is 14.3. The topological polar surface area (TPSA) is 106 Å². The van der Waals surface area contributed by atoms with Crippen LogP contribution in [0.4, 0.5) is 5.95 Å². The average Bonchev–Trinajstić information content (AvgIpc) is 2.91. The standard InChI is InChI=1S/C16H18N6O3/c1-9-5-6-11(23)10(7-9)8-17-19-15-18-13-12(20(15)2)14(24)22(4)16(25)21(13)3/h5-8,23H,1-4H3,(H,18,19)/b17-8+. The van der Waals surface area contributed by atoms with Crippen molar-refractivity contribution in [1.29, 1.82) is 0 Å². The number of nitrogens with one attached hydrogen (secondary N) is 1. The van der Waals surface area contributed by atoms with E-state index in [1.54, 1.807) is 32.3 Å². The van der Waals surface area contributed by atoms with Crippen LogP contribution in [0, 0.1) is 6.92 Å². The van der Waals surface area contributed by atoms with E-state index < -0.39 is 11.2 Å². The van der Waals surface area contributed by atoms with Gasteiger partial charge in [0.25, 0.3) is 5.56 Å². The van der Waals surface area contributed by atoms with Crippen LogP contribution in [-0.4, -0.2) is 30.0 Å². The highest BCUT2D eigenvalue weighted by atomic mass is 16.3. The molecule has 9 nitrogen and oxygen atoms in total. The Hall–Kier alpha value is -3.36. The largest absolute Gasteiger partial charge is 0.507 e. The minimum Gasteiger partial charge on any atom is -0.507 e. The van der Waals surface area contributed by atoms with Gasteiger partial charge in [-0.15, -0.1) is 0 Å². The number of aryl methyl sites for hydroxylation is 3. The van der Waals surface area contributed by atoms with E-state index in [9.17, 15) is 14.7 Å². The van der Waals surface area contributed by atoms with E-state index in [-0.39, 0.29) is 11.4 Å². The van der Waals surface area contributed by atoms with Crippen LogP contribution in [0.3, 0.4) is 0 Å². The number of benzene rings is 1. The molecule has 0 aliphatic carbocycles. The molecule has 0 fully saturated rings. The molecule has 2 heterocycles. The van der Waals surface area contributed by atoms with E-state index in [1.165, 1.54) is 22.4 Å². The molecular formula is C16H18N6O3. The molecule has 2 N–H and O–H groups in total. The van der Waals surface area contributed by atoms with Crippen molar-refractivity contribution in [1.82, 2.24) is 18.7 Å². The highest BCUT2D eigenvalue weighted by Crippen LogP contribution is 2.16. The summed E-state index contributed by atoms with van der Waals surface area (Å²) >= 11 is 0. The molecule has 0 amide bonds. The summed E-state index contributed by atoms with van der Waals surface area (Å²) in [6.07, 6.45) is 1.46. The van der Waals surface area contributed by atoms with Gasteiger partial charge in [-0.25, -0.2) is 10.2 Å². The van der Waals surface area contributed by atoms with E-state index in [1.807, 2.05) is 6.92 Å². The van der Waals surface area contributed by atoms with Crippen molar-refractivity contribution in [2.75, 3.05) is 5.43 Å². The Balaban J connectivity index is 2.02. The quantitative estimate of drug-likeness (QED) is 0.530. The SMILES string of the molecule is Cc1ccc(O)c(/C=N/Nc2nc3c(c(=O)n(C)c(=O)n3C)n2C)c1. The molecular weight excluding hydrogens is 324 g/mol. The second kappa shape index (κ2) is 5.93. The lowest BCUT2D eigenvalue weighted by Crippen LogP contribution is -2.37. The van der Waals surface area contributed by atoms with Gasteiger partial charge in [0, 0.05) is 26.7 Å². The summed E-state index contributed by atoms with van der Waals surface area (Å²) in [5.41, 5.74) is 3.96. The Morgan fingerprint density at radius 2 is 1.88 bits per heavy atom. The summed E-state index contributed by atoms with van der Waals surface area (Å²) in [4.78, 5) is 28.6. The zero-order valence-electron chi connectivity index (χ0n) is 14.3. The smallest absolute Gasteiger partial charge is 0.332 e.